The van der Waals surface area contributed by atoms with E-state index in [1.807, 2.05) is 17.9 Å². The van der Waals surface area contributed by atoms with Crippen LogP contribution in [0.3, 0.4) is 0 Å². The van der Waals surface area contributed by atoms with Gasteiger partial charge in [-0.1, -0.05) is 19.1 Å². The van der Waals surface area contributed by atoms with E-state index in [0.717, 1.165) is 18.4 Å². The molecule has 2 fully saturated rings. The smallest absolute Gasteiger partial charge is 0.241 e. The van der Waals surface area contributed by atoms with Crippen LogP contribution in [0.25, 0.3) is 0 Å². The molecule has 1 aliphatic carbocycles. The Morgan fingerprint density at radius 3 is 2.68 bits per heavy atom. The molecule has 1 saturated heterocycles. The van der Waals surface area contributed by atoms with E-state index in [0.29, 0.717) is 12.0 Å². The van der Waals surface area contributed by atoms with Gasteiger partial charge >= 0.3 is 0 Å². The third-order valence-corrected chi connectivity index (χ3v) is 4.22. The first-order valence-electron chi connectivity index (χ1n) is 6.90. The molecule has 102 valence electrons. The van der Waals surface area contributed by atoms with Gasteiger partial charge in [-0.05, 0) is 43.4 Å². The van der Waals surface area contributed by atoms with Gasteiger partial charge in [-0.3, -0.25) is 10.1 Å². The number of nitrogens with one attached hydrogen (secondary N) is 1. The molecule has 2 aliphatic rings. The molecule has 3 nitrogen and oxygen atoms in total. The number of rotatable bonds is 2. The summed E-state index contributed by atoms with van der Waals surface area (Å²) in [5, 5.41) is 3.27. The highest BCUT2D eigenvalue weighted by Crippen LogP contribution is 2.38. The number of nitrogens with zero attached hydrogens (tertiary/aromatic N) is 1. The van der Waals surface area contributed by atoms with Crippen molar-refractivity contribution >= 4 is 5.91 Å². The molecule has 3 rings (SSSR count). The first kappa shape index (κ1) is 12.6. The molecule has 1 aromatic carbocycles. The Labute approximate surface area is 112 Å². The summed E-state index contributed by atoms with van der Waals surface area (Å²) in [6.45, 7) is 4.07. The molecular weight excluding hydrogens is 243 g/mol. The SMILES string of the molecule is CC1CC(N2C(=O)C(C)NC2c2cccc(F)c2)C1. The van der Waals surface area contributed by atoms with Gasteiger partial charge in [0.05, 0.1) is 6.04 Å². The highest BCUT2D eigenvalue weighted by molar-refractivity contribution is 5.84. The van der Waals surface area contributed by atoms with Gasteiger partial charge in [-0.25, -0.2) is 4.39 Å². The Balaban J connectivity index is 1.88. The van der Waals surface area contributed by atoms with Crippen molar-refractivity contribution in [3.63, 3.8) is 0 Å². The molecule has 0 aromatic heterocycles. The molecule has 1 aromatic rings. The molecule has 0 bridgehead atoms. The van der Waals surface area contributed by atoms with Crippen molar-refractivity contribution in [2.75, 3.05) is 0 Å². The van der Waals surface area contributed by atoms with E-state index in [-0.39, 0.29) is 23.9 Å². The van der Waals surface area contributed by atoms with Crippen molar-refractivity contribution in [3.05, 3.63) is 35.6 Å². The number of carbonyl (C=O) groups is 1. The molecule has 1 heterocycles. The van der Waals surface area contributed by atoms with Crippen molar-refractivity contribution in [2.24, 2.45) is 5.92 Å². The van der Waals surface area contributed by atoms with Crippen LogP contribution in [0, 0.1) is 11.7 Å². The minimum absolute atomic E-state index is 0.131. The average Bonchev–Trinajstić information content (AvgIpc) is 2.62. The molecule has 2 unspecified atom stereocenters. The largest absolute Gasteiger partial charge is 0.319 e. The highest BCUT2D eigenvalue weighted by Gasteiger charge is 2.44. The van der Waals surface area contributed by atoms with Crippen LogP contribution in [0.5, 0.6) is 0 Å². The van der Waals surface area contributed by atoms with Gasteiger partial charge in [-0.15, -0.1) is 0 Å². The lowest BCUT2D eigenvalue weighted by molar-refractivity contribution is -0.134. The number of amides is 1. The van der Waals surface area contributed by atoms with Crippen molar-refractivity contribution < 1.29 is 9.18 Å². The quantitative estimate of drug-likeness (QED) is 0.888. The lowest BCUT2D eigenvalue weighted by Crippen LogP contribution is -2.47. The fourth-order valence-corrected chi connectivity index (χ4v) is 3.15. The fraction of sp³-hybridized carbons (Fsp3) is 0.533. The van der Waals surface area contributed by atoms with Gasteiger partial charge in [0, 0.05) is 6.04 Å². The van der Waals surface area contributed by atoms with Gasteiger partial charge in [0.2, 0.25) is 5.91 Å². The summed E-state index contributed by atoms with van der Waals surface area (Å²) in [6.07, 6.45) is 1.91. The molecule has 0 spiro atoms. The molecular formula is C15H19FN2O. The van der Waals surface area contributed by atoms with E-state index < -0.39 is 0 Å². The molecule has 1 aliphatic heterocycles. The Bertz CT molecular complexity index is 499. The predicted octanol–water partition coefficient (Wildman–Crippen LogP) is 2.44. The Morgan fingerprint density at radius 2 is 2.05 bits per heavy atom. The van der Waals surface area contributed by atoms with Crippen LogP contribution in [0.1, 0.15) is 38.4 Å². The summed E-state index contributed by atoms with van der Waals surface area (Å²) < 4.78 is 13.4. The minimum Gasteiger partial charge on any atom is -0.319 e. The zero-order chi connectivity index (χ0) is 13.6. The van der Waals surface area contributed by atoms with Crippen molar-refractivity contribution in [1.82, 2.24) is 10.2 Å². The molecule has 1 amide bonds. The summed E-state index contributed by atoms with van der Waals surface area (Å²) in [5.41, 5.74) is 0.831. The monoisotopic (exact) mass is 262 g/mol. The number of hydrogen-bond donors (Lipinski definition) is 1. The van der Waals surface area contributed by atoms with Crippen LogP contribution >= 0.6 is 0 Å². The van der Waals surface area contributed by atoms with E-state index in [2.05, 4.69) is 12.2 Å². The topological polar surface area (TPSA) is 32.3 Å². The van der Waals surface area contributed by atoms with Crippen LogP contribution < -0.4 is 5.32 Å². The highest BCUT2D eigenvalue weighted by atomic mass is 19.1. The average molecular weight is 262 g/mol. The van der Waals surface area contributed by atoms with Gasteiger partial charge in [0.1, 0.15) is 12.0 Å². The van der Waals surface area contributed by atoms with Gasteiger partial charge < -0.3 is 4.90 Å². The summed E-state index contributed by atoms with van der Waals surface area (Å²) in [7, 11) is 0. The molecule has 1 saturated carbocycles. The second-order valence-electron chi connectivity index (χ2n) is 5.82. The Hall–Kier alpha value is -1.42. The van der Waals surface area contributed by atoms with E-state index in [9.17, 15) is 9.18 Å². The van der Waals surface area contributed by atoms with Gasteiger partial charge in [0.15, 0.2) is 0 Å². The second-order valence-corrected chi connectivity index (χ2v) is 5.82. The Kier molecular flexibility index (Phi) is 3.05. The van der Waals surface area contributed by atoms with E-state index >= 15 is 0 Å². The third-order valence-electron chi connectivity index (χ3n) is 4.22. The van der Waals surface area contributed by atoms with Crippen molar-refractivity contribution in [1.29, 1.82) is 0 Å². The number of carbonyl (C=O) groups excluding carboxylic acids is 1. The first-order chi connectivity index (χ1) is 9.06. The lowest BCUT2D eigenvalue weighted by Gasteiger charge is -2.42. The van der Waals surface area contributed by atoms with E-state index in [1.54, 1.807) is 6.07 Å². The van der Waals surface area contributed by atoms with Crippen LogP contribution in [0.15, 0.2) is 24.3 Å². The van der Waals surface area contributed by atoms with Crippen LogP contribution in [0.4, 0.5) is 4.39 Å². The maximum Gasteiger partial charge on any atom is 0.241 e. The molecule has 1 N–H and O–H groups in total. The molecule has 2 atom stereocenters. The van der Waals surface area contributed by atoms with E-state index in [1.165, 1.54) is 12.1 Å². The van der Waals surface area contributed by atoms with Crippen LogP contribution in [0.2, 0.25) is 0 Å². The molecule has 4 heteroatoms. The Morgan fingerprint density at radius 1 is 1.32 bits per heavy atom. The normalized spacial score (nSPS) is 34.5. The molecule has 19 heavy (non-hydrogen) atoms. The number of hydrogen-bond acceptors (Lipinski definition) is 2. The summed E-state index contributed by atoms with van der Waals surface area (Å²) in [6, 6.07) is 6.62. The molecule has 0 radical (unpaired) electrons. The second kappa shape index (κ2) is 4.60. The summed E-state index contributed by atoms with van der Waals surface area (Å²) in [4.78, 5) is 14.2. The number of halogens is 1. The number of benzene rings is 1. The zero-order valence-electron chi connectivity index (χ0n) is 11.3. The summed E-state index contributed by atoms with van der Waals surface area (Å²) in [5.74, 6) is 0.557. The van der Waals surface area contributed by atoms with Crippen LogP contribution in [-0.4, -0.2) is 22.9 Å². The van der Waals surface area contributed by atoms with Crippen molar-refractivity contribution in [3.8, 4) is 0 Å². The van der Waals surface area contributed by atoms with E-state index in [4.69, 9.17) is 0 Å². The van der Waals surface area contributed by atoms with Gasteiger partial charge in [-0.2, -0.15) is 0 Å². The minimum atomic E-state index is -0.256. The first-order valence-corrected chi connectivity index (χ1v) is 6.90. The lowest BCUT2D eigenvalue weighted by atomic mass is 9.80. The third kappa shape index (κ3) is 2.14. The van der Waals surface area contributed by atoms with Gasteiger partial charge in [0.25, 0.3) is 0 Å². The van der Waals surface area contributed by atoms with Crippen molar-refractivity contribution in [2.45, 2.75) is 44.9 Å². The predicted molar refractivity (Wildman–Crippen MR) is 70.8 cm³/mol. The standard InChI is InChI=1S/C15H19FN2O/c1-9-6-13(7-9)18-14(17-10(2)15(18)19)11-4-3-5-12(16)8-11/h3-5,8-10,13-14,17H,6-7H2,1-2H3. The van der Waals surface area contributed by atoms with Crippen LogP contribution in [-0.2, 0) is 4.79 Å². The maximum absolute atomic E-state index is 13.4. The maximum atomic E-state index is 13.4. The zero-order valence-corrected chi connectivity index (χ0v) is 11.3. The summed E-state index contributed by atoms with van der Waals surface area (Å²) >= 11 is 0. The fourth-order valence-electron chi connectivity index (χ4n) is 3.15.